The van der Waals surface area contributed by atoms with Gasteiger partial charge in [0.25, 0.3) is 0 Å². The van der Waals surface area contributed by atoms with Crippen LogP contribution in [0.4, 0.5) is 5.69 Å². The van der Waals surface area contributed by atoms with Crippen LogP contribution in [-0.4, -0.2) is 24.0 Å². The molecule has 0 aromatic heterocycles. The van der Waals surface area contributed by atoms with E-state index in [2.05, 4.69) is 21.2 Å². The van der Waals surface area contributed by atoms with Crippen LogP contribution < -0.4 is 10.1 Å². The first kappa shape index (κ1) is 16.9. The van der Waals surface area contributed by atoms with Crippen molar-refractivity contribution in [2.45, 2.75) is 6.42 Å². The molecule has 0 aliphatic carbocycles. The molecule has 2 aromatic rings. The largest absolute Gasteiger partial charge is 0.493 e. The number of hydrogen-bond donors (Lipinski definition) is 1. The van der Waals surface area contributed by atoms with Gasteiger partial charge in [-0.3, -0.25) is 4.79 Å². The van der Waals surface area contributed by atoms with E-state index in [1.54, 1.807) is 11.8 Å². The van der Waals surface area contributed by atoms with Gasteiger partial charge in [0.15, 0.2) is 0 Å². The van der Waals surface area contributed by atoms with Gasteiger partial charge in [0.1, 0.15) is 5.75 Å². The summed E-state index contributed by atoms with van der Waals surface area (Å²) >= 11 is 5.11. The smallest absolute Gasteiger partial charge is 0.225 e. The quantitative estimate of drug-likeness (QED) is 0.681. The van der Waals surface area contributed by atoms with Gasteiger partial charge in [-0.15, -0.1) is 0 Å². The van der Waals surface area contributed by atoms with Crippen LogP contribution in [0.5, 0.6) is 5.75 Å². The summed E-state index contributed by atoms with van der Waals surface area (Å²) in [5, 5.41) is 2.88. The van der Waals surface area contributed by atoms with Crippen molar-refractivity contribution in [2.75, 3.05) is 23.4 Å². The highest BCUT2D eigenvalue weighted by Crippen LogP contribution is 2.16. The highest BCUT2D eigenvalue weighted by Gasteiger charge is 2.02. The molecule has 116 valence electrons. The lowest BCUT2D eigenvalue weighted by atomic mass is 10.3. The van der Waals surface area contributed by atoms with E-state index in [4.69, 9.17) is 4.74 Å². The predicted molar refractivity (Wildman–Crippen MR) is 96.7 cm³/mol. The number of carbonyl (C=O) groups excluding carboxylic acids is 1. The SMILES string of the molecule is O=C(CCSCCOc1ccc(Br)cc1)Nc1ccccc1. The molecule has 22 heavy (non-hydrogen) atoms. The Labute approximate surface area is 143 Å². The zero-order chi connectivity index (χ0) is 15.6. The summed E-state index contributed by atoms with van der Waals surface area (Å²) in [5.41, 5.74) is 0.844. The van der Waals surface area contributed by atoms with Crippen LogP contribution in [-0.2, 0) is 4.79 Å². The van der Waals surface area contributed by atoms with E-state index in [9.17, 15) is 4.79 Å². The second-order valence-electron chi connectivity index (χ2n) is 4.58. The van der Waals surface area contributed by atoms with E-state index in [0.29, 0.717) is 13.0 Å². The van der Waals surface area contributed by atoms with Gasteiger partial charge in [0.05, 0.1) is 6.61 Å². The summed E-state index contributed by atoms with van der Waals surface area (Å²) in [5.74, 6) is 2.58. The Morgan fingerprint density at radius 3 is 2.50 bits per heavy atom. The number of thioether (sulfide) groups is 1. The molecular formula is C17H18BrNO2S. The molecule has 2 rings (SSSR count). The maximum absolute atomic E-state index is 11.7. The molecule has 1 amide bonds. The lowest BCUT2D eigenvalue weighted by Crippen LogP contribution is -2.12. The Morgan fingerprint density at radius 1 is 1.05 bits per heavy atom. The minimum atomic E-state index is 0.0486. The van der Waals surface area contributed by atoms with E-state index < -0.39 is 0 Å². The van der Waals surface area contributed by atoms with Gasteiger partial charge in [-0.05, 0) is 36.4 Å². The second-order valence-corrected chi connectivity index (χ2v) is 6.72. The second kappa shape index (κ2) is 9.54. The van der Waals surface area contributed by atoms with E-state index in [-0.39, 0.29) is 5.91 Å². The van der Waals surface area contributed by atoms with Crippen molar-refractivity contribution in [1.29, 1.82) is 0 Å². The number of ether oxygens (including phenoxy) is 1. The fraction of sp³-hybridized carbons (Fsp3) is 0.235. The molecule has 0 aliphatic heterocycles. The van der Waals surface area contributed by atoms with Crippen LogP contribution >= 0.6 is 27.7 Å². The van der Waals surface area contributed by atoms with Crippen molar-refractivity contribution >= 4 is 39.3 Å². The Morgan fingerprint density at radius 2 is 1.77 bits per heavy atom. The third kappa shape index (κ3) is 6.54. The summed E-state index contributed by atoms with van der Waals surface area (Å²) in [7, 11) is 0. The van der Waals surface area contributed by atoms with Crippen molar-refractivity contribution < 1.29 is 9.53 Å². The molecule has 0 radical (unpaired) electrons. The van der Waals surface area contributed by atoms with Gasteiger partial charge >= 0.3 is 0 Å². The van der Waals surface area contributed by atoms with Crippen LogP contribution in [0.25, 0.3) is 0 Å². The highest BCUT2D eigenvalue weighted by molar-refractivity contribution is 9.10. The third-order valence-corrected chi connectivity index (χ3v) is 4.32. The normalized spacial score (nSPS) is 10.2. The Kier molecular flexibility index (Phi) is 7.33. The van der Waals surface area contributed by atoms with E-state index in [1.165, 1.54) is 0 Å². The first-order chi connectivity index (χ1) is 10.7. The van der Waals surface area contributed by atoms with E-state index >= 15 is 0 Å². The molecule has 0 saturated carbocycles. The lowest BCUT2D eigenvalue weighted by molar-refractivity contribution is -0.115. The number of halogens is 1. The van der Waals surface area contributed by atoms with Gasteiger partial charge in [-0.2, -0.15) is 11.8 Å². The lowest BCUT2D eigenvalue weighted by Gasteiger charge is -2.07. The Bertz CT molecular complexity index is 575. The third-order valence-electron chi connectivity index (χ3n) is 2.84. The van der Waals surface area contributed by atoms with Crippen molar-refractivity contribution in [2.24, 2.45) is 0 Å². The summed E-state index contributed by atoms with van der Waals surface area (Å²) in [6.07, 6.45) is 0.512. The van der Waals surface area contributed by atoms with Crippen molar-refractivity contribution in [3.63, 3.8) is 0 Å². The maximum atomic E-state index is 11.7. The monoisotopic (exact) mass is 379 g/mol. The number of amides is 1. The van der Waals surface area contributed by atoms with E-state index in [1.807, 2.05) is 54.6 Å². The Hall–Kier alpha value is -1.46. The van der Waals surface area contributed by atoms with Crippen LogP contribution in [0.15, 0.2) is 59.1 Å². The summed E-state index contributed by atoms with van der Waals surface area (Å²) in [4.78, 5) is 11.7. The van der Waals surface area contributed by atoms with Crippen molar-refractivity contribution in [3.05, 3.63) is 59.1 Å². The van der Waals surface area contributed by atoms with Gasteiger partial charge < -0.3 is 10.1 Å². The number of hydrogen-bond acceptors (Lipinski definition) is 3. The highest BCUT2D eigenvalue weighted by atomic mass is 79.9. The zero-order valence-corrected chi connectivity index (χ0v) is 14.5. The fourth-order valence-corrected chi connectivity index (χ4v) is 2.76. The van der Waals surface area contributed by atoms with Gasteiger partial charge in [0, 0.05) is 28.1 Å². The molecule has 0 bridgehead atoms. The number of carbonyl (C=O) groups is 1. The minimum Gasteiger partial charge on any atom is -0.493 e. The molecule has 0 saturated heterocycles. The van der Waals surface area contributed by atoms with Crippen molar-refractivity contribution in [1.82, 2.24) is 0 Å². The zero-order valence-electron chi connectivity index (χ0n) is 12.1. The first-order valence-corrected chi connectivity index (χ1v) is 9.00. The summed E-state index contributed by atoms with van der Waals surface area (Å²) in [6, 6.07) is 17.3. The molecule has 5 heteroatoms. The molecule has 0 unspecified atom stereocenters. The maximum Gasteiger partial charge on any atom is 0.225 e. The average Bonchev–Trinajstić information content (AvgIpc) is 2.53. The topological polar surface area (TPSA) is 38.3 Å². The standard InChI is InChI=1S/C17H18BrNO2S/c18-14-6-8-16(9-7-14)21-11-13-22-12-10-17(20)19-15-4-2-1-3-5-15/h1-9H,10-13H2,(H,19,20). The van der Waals surface area contributed by atoms with Gasteiger partial charge in [-0.1, -0.05) is 34.1 Å². The van der Waals surface area contributed by atoms with Crippen LogP contribution in [0.3, 0.4) is 0 Å². The van der Waals surface area contributed by atoms with Crippen LogP contribution in [0, 0.1) is 0 Å². The molecule has 0 aliphatic rings. The number of anilines is 1. The average molecular weight is 380 g/mol. The predicted octanol–water partition coefficient (Wildman–Crippen LogP) is 4.59. The first-order valence-electron chi connectivity index (χ1n) is 7.05. The molecule has 1 N–H and O–H groups in total. The molecule has 0 heterocycles. The molecule has 0 fully saturated rings. The Balaban J connectivity index is 1.54. The van der Waals surface area contributed by atoms with Crippen LogP contribution in [0.2, 0.25) is 0 Å². The van der Waals surface area contributed by atoms with Gasteiger partial charge in [-0.25, -0.2) is 0 Å². The van der Waals surface area contributed by atoms with Crippen molar-refractivity contribution in [3.8, 4) is 5.75 Å². The van der Waals surface area contributed by atoms with E-state index in [0.717, 1.165) is 27.4 Å². The molecule has 2 aromatic carbocycles. The minimum absolute atomic E-state index is 0.0486. The molecule has 0 atom stereocenters. The molecular weight excluding hydrogens is 362 g/mol. The van der Waals surface area contributed by atoms with Crippen LogP contribution in [0.1, 0.15) is 6.42 Å². The number of benzene rings is 2. The molecule has 3 nitrogen and oxygen atoms in total. The fourth-order valence-electron chi connectivity index (χ4n) is 1.76. The molecule has 0 spiro atoms. The summed E-state index contributed by atoms with van der Waals surface area (Å²) in [6.45, 7) is 0.645. The number of para-hydroxylation sites is 1. The number of rotatable bonds is 8. The summed E-state index contributed by atoms with van der Waals surface area (Å²) < 4.78 is 6.66. The number of nitrogens with one attached hydrogen (secondary N) is 1. The van der Waals surface area contributed by atoms with Gasteiger partial charge in [0.2, 0.25) is 5.91 Å².